The van der Waals surface area contributed by atoms with E-state index in [4.69, 9.17) is 9.47 Å². The molecule has 0 atom stereocenters. The minimum atomic E-state index is -4.47. The zero-order valence-corrected chi connectivity index (χ0v) is 18.9. The van der Waals surface area contributed by atoms with Crippen LogP contribution in [0.4, 0.5) is 24.5 Å². The minimum Gasteiger partial charge on any atom is -0.490 e. The van der Waals surface area contributed by atoms with Gasteiger partial charge in [0.05, 0.1) is 17.8 Å². The Morgan fingerprint density at radius 1 is 1.15 bits per heavy atom. The van der Waals surface area contributed by atoms with E-state index in [1.165, 1.54) is 12.1 Å². The van der Waals surface area contributed by atoms with Gasteiger partial charge in [-0.05, 0) is 48.7 Å². The number of alkyl halides is 3. The molecule has 33 heavy (non-hydrogen) atoms. The second kappa shape index (κ2) is 8.65. The summed E-state index contributed by atoms with van der Waals surface area (Å²) in [4.78, 5) is 15.0. The number of likely N-dealkylation sites (N-methyl/N-ethyl adjacent to an activating group) is 1. The van der Waals surface area contributed by atoms with E-state index in [0.29, 0.717) is 42.7 Å². The zero-order chi connectivity index (χ0) is 23.8. The first-order valence-corrected chi connectivity index (χ1v) is 11.0. The van der Waals surface area contributed by atoms with Crippen molar-refractivity contribution in [1.29, 1.82) is 0 Å². The van der Waals surface area contributed by atoms with E-state index >= 15 is 0 Å². The van der Waals surface area contributed by atoms with Crippen molar-refractivity contribution in [2.75, 3.05) is 30.4 Å². The van der Waals surface area contributed by atoms with Gasteiger partial charge in [0, 0.05) is 30.8 Å². The fourth-order valence-electron chi connectivity index (χ4n) is 4.30. The van der Waals surface area contributed by atoms with Crippen molar-refractivity contribution in [2.45, 2.75) is 44.9 Å². The molecule has 2 aromatic rings. The van der Waals surface area contributed by atoms with Crippen LogP contribution in [0, 0.1) is 0 Å². The van der Waals surface area contributed by atoms with Gasteiger partial charge in [-0.25, -0.2) is 0 Å². The fourth-order valence-corrected chi connectivity index (χ4v) is 4.30. The highest BCUT2D eigenvalue weighted by molar-refractivity contribution is 6.05. The van der Waals surface area contributed by atoms with Crippen LogP contribution in [0.5, 0.6) is 11.5 Å². The molecular formula is C25H27F3N2O3. The van der Waals surface area contributed by atoms with Crippen molar-refractivity contribution in [2.24, 2.45) is 0 Å². The van der Waals surface area contributed by atoms with Crippen LogP contribution in [0.1, 0.15) is 44.2 Å². The number of anilines is 2. The van der Waals surface area contributed by atoms with Gasteiger partial charge in [-0.1, -0.05) is 19.9 Å². The Kier molecular flexibility index (Phi) is 6.03. The van der Waals surface area contributed by atoms with E-state index in [1.807, 2.05) is 33.0 Å². The lowest BCUT2D eigenvalue weighted by Crippen LogP contribution is -2.38. The van der Waals surface area contributed by atoms with E-state index < -0.39 is 17.3 Å². The molecule has 4 rings (SSSR count). The number of carbonyl (C=O) groups is 1. The minimum absolute atomic E-state index is 0.159. The highest BCUT2D eigenvalue weighted by Crippen LogP contribution is 2.45. The van der Waals surface area contributed by atoms with Crippen molar-refractivity contribution in [1.82, 2.24) is 0 Å². The molecule has 1 amide bonds. The lowest BCUT2D eigenvalue weighted by atomic mass is 9.83. The Morgan fingerprint density at radius 2 is 1.91 bits per heavy atom. The summed E-state index contributed by atoms with van der Waals surface area (Å²) in [6, 6.07) is 8.87. The number of amides is 1. The van der Waals surface area contributed by atoms with E-state index in [0.717, 1.165) is 30.1 Å². The van der Waals surface area contributed by atoms with Crippen molar-refractivity contribution >= 4 is 22.9 Å². The molecule has 8 heteroatoms. The zero-order valence-electron chi connectivity index (χ0n) is 18.9. The van der Waals surface area contributed by atoms with Crippen molar-refractivity contribution in [3.05, 3.63) is 53.6 Å². The van der Waals surface area contributed by atoms with Crippen LogP contribution in [0.3, 0.4) is 0 Å². The van der Waals surface area contributed by atoms with E-state index in [1.54, 1.807) is 6.07 Å². The van der Waals surface area contributed by atoms with Crippen molar-refractivity contribution in [3.8, 4) is 11.5 Å². The molecule has 1 N–H and O–H groups in total. The number of fused-ring (bicyclic) bond motifs is 2. The number of benzene rings is 2. The largest absolute Gasteiger partial charge is 0.490 e. The molecule has 176 valence electrons. The highest BCUT2D eigenvalue weighted by atomic mass is 19.4. The first-order valence-electron chi connectivity index (χ1n) is 11.0. The van der Waals surface area contributed by atoms with Crippen LogP contribution in [0.15, 0.2) is 42.5 Å². The van der Waals surface area contributed by atoms with Crippen molar-refractivity contribution in [3.63, 3.8) is 0 Å². The van der Waals surface area contributed by atoms with Crippen molar-refractivity contribution < 1.29 is 27.4 Å². The van der Waals surface area contributed by atoms with Gasteiger partial charge in [-0.15, -0.1) is 0 Å². The molecule has 2 heterocycles. The number of ether oxygens (including phenoxy) is 2. The summed E-state index contributed by atoms with van der Waals surface area (Å²) in [7, 11) is 1.96. The standard InChI is InChI=1S/C25H27F3N2O3/c1-4-24(5-2)15-16(19-8-6-17(25(26,27)28)13-22(19)33-24)12-23(31)29-18-7-9-21-20(14-18)30(3)10-11-32-21/h6-9,12-14H,4-5,10-11,15H2,1-3H3,(H,29,31)/b16-12+. The van der Waals surface area contributed by atoms with E-state index in [9.17, 15) is 18.0 Å². The van der Waals surface area contributed by atoms with E-state index in [-0.39, 0.29) is 11.7 Å². The molecule has 0 fully saturated rings. The third-order valence-electron chi connectivity index (χ3n) is 6.41. The smallest absolute Gasteiger partial charge is 0.416 e. The number of nitrogens with one attached hydrogen (secondary N) is 1. The monoisotopic (exact) mass is 460 g/mol. The topological polar surface area (TPSA) is 50.8 Å². The van der Waals surface area contributed by atoms with Gasteiger partial charge in [0.15, 0.2) is 0 Å². The Labute approximate surface area is 191 Å². The summed E-state index contributed by atoms with van der Waals surface area (Å²) in [5.74, 6) is 0.569. The maximum absolute atomic E-state index is 13.3. The molecule has 0 saturated heterocycles. The molecule has 2 aliphatic heterocycles. The third kappa shape index (κ3) is 4.65. The van der Waals surface area contributed by atoms with Crippen LogP contribution >= 0.6 is 0 Å². The predicted molar refractivity (Wildman–Crippen MR) is 122 cm³/mol. The molecular weight excluding hydrogens is 433 g/mol. The van der Waals surface area contributed by atoms with Gasteiger partial charge < -0.3 is 19.7 Å². The van der Waals surface area contributed by atoms with Gasteiger partial charge in [0.25, 0.3) is 0 Å². The number of carbonyl (C=O) groups excluding carboxylic acids is 1. The fraction of sp³-hybridized carbons (Fsp3) is 0.400. The highest BCUT2D eigenvalue weighted by Gasteiger charge is 2.38. The van der Waals surface area contributed by atoms with Crippen LogP contribution in [-0.2, 0) is 11.0 Å². The van der Waals surface area contributed by atoms with Gasteiger partial charge in [0.1, 0.15) is 23.7 Å². The second-order valence-corrected chi connectivity index (χ2v) is 8.49. The Hall–Kier alpha value is -3.16. The van der Waals surface area contributed by atoms with Crippen LogP contribution < -0.4 is 19.7 Å². The molecule has 0 bridgehead atoms. The van der Waals surface area contributed by atoms with Crippen LogP contribution in [0.25, 0.3) is 5.57 Å². The Morgan fingerprint density at radius 3 is 2.61 bits per heavy atom. The molecule has 0 saturated carbocycles. The maximum atomic E-state index is 13.3. The average molecular weight is 460 g/mol. The van der Waals surface area contributed by atoms with Gasteiger partial charge in [-0.2, -0.15) is 13.2 Å². The first kappa shape index (κ1) is 23.0. The summed E-state index contributed by atoms with van der Waals surface area (Å²) in [5.41, 5.74) is 1.24. The van der Waals surface area contributed by atoms with Gasteiger partial charge in [0.2, 0.25) is 5.91 Å². The molecule has 0 radical (unpaired) electrons. The SMILES string of the molecule is CCC1(CC)C/C(=C\C(=O)Nc2ccc3c(c2)N(C)CCO3)c2ccc(C(F)(F)F)cc2O1. The Balaban J connectivity index is 1.65. The number of rotatable bonds is 4. The molecule has 0 aliphatic carbocycles. The predicted octanol–water partition coefficient (Wildman–Crippen LogP) is 5.90. The third-order valence-corrected chi connectivity index (χ3v) is 6.41. The summed E-state index contributed by atoms with van der Waals surface area (Å²) < 4.78 is 51.5. The summed E-state index contributed by atoms with van der Waals surface area (Å²) in [6.45, 7) is 5.23. The lowest BCUT2D eigenvalue weighted by Gasteiger charge is -2.39. The Bertz CT molecular complexity index is 1090. The van der Waals surface area contributed by atoms with Crippen LogP contribution in [0.2, 0.25) is 0 Å². The number of nitrogens with zero attached hydrogens (tertiary/aromatic N) is 1. The first-order chi connectivity index (χ1) is 15.6. The average Bonchev–Trinajstić information content (AvgIpc) is 2.78. The van der Waals surface area contributed by atoms with Gasteiger partial charge >= 0.3 is 6.18 Å². The molecule has 0 aromatic heterocycles. The number of hydrogen-bond donors (Lipinski definition) is 1. The summed E-state index contributed by atoms with van der Waals surface area (Å²) in [5, 5.41) is 2.87. The molecule has 0 spiro atoms. The van der Waals surface area contributed by atoms with E-state index in [2.05, 4.69) is 10.2 Å². The lowest BCUT2D eigenvalue weighted by molar-refractivity contribution is -0.137. The normalized spacial score (nSPS) is 18.1. The number of hydrogen-bond acceptors (Lipinski definition) is 4. The second-order valence-electron chi connectivity index (χ2n) is 8.49. The quantitative estimate of drug-likeness (QED) is 0.578. The summed E-state index contributed by atoms with van der Waals surface area (Å²) >= 11 is 0. The van der Waals surface area contributed by atoms with Crippen LogP contribution in [-0.4, -0.2) is 31.7 Å². The molecule has 0 unspecified atom stereocenters. The molecule has 5 nitrogen and oxygen atoms in total. The van der Waals surface area contributed by atoms with Gasteiger partial charge in [-0.3, -0.25) is 4.79 Å². The maximum Gasteiger partial charge on any atom is 0.416 e. The molecule has 2 aromatic carbocycles. The molecule has 2 aliphatic rings. The summed E-state index contributed by atoms with van der Waals surface area (Å²) in [6.07, 6.45) is -1.35. The number of halogens is 3.